The Morgan fingerprint density at radius 3 is 2.33 bits per heavy atom. The van der Waals surface area contributed by atoms with Gasteiger partial charge in [-0.1, -0.05) is 20.8 Å². The highest BCUT2D eigenvalue weighted by atomic mass is 32.2. The lowest BCUT2D eigenvalue weighted by Gasteiger charge is -2.16. The number of hydrogen-bond acceptors (Lipinski definition) is 2. The second-order valence-electron chi connectivity index (χ2n) is 3.87. The molecule has 1 nitrogen and oxygen atoms in total. The molecule has 0 radical (unpaired) electrons. The second kappa shape index (κ2) is 4.84. The molecule has 0 spiro atoms. The van der Waals surface area contributed by atoms with Gasteiger partial charge in [0.2, 0.25) is 0 Å². The Kier molecular flexibility index (Phi) is 3.97. The first-order valence-corrected chi connectivity index (χ1v) is 5.71. The van der Waals surface area contributed by atoms with E-state index in [0.29, 0.717) is 10.8 Å². The van der Waals surface area contributed by atoms with E-state index < -0.39 is 11.6 Å². The van der Waals surface area contributed by atoms with Crippen LogP contribution >= 0.6 is 11.8 Å². The fourth-order valence-corrected chi connectivity index (χ4v) is 2.07. The number of rotatable bonds is 3. The Bertz CT molecular complexity index is 353. The van der Waals surface area contributed by atoms with Crippen LogP contribution in [0.2, 0.25) is 0 Å². The van der Waals surface area contributed by atoms with Gasteiger partial charge in [0.25, 0.3) is 0 Å². The second-order valence-corrected chi connectivity index (χ2v) is 5.29. The van der Waals surface area contributed by atoms with E-state index in [9.17, 15) is 8.78 Å². The predicted molar refractivity (Wildman–Crippen MR) is 60.9 cm³/mol. The largest absolute Gasteiger partial charge is 0.395 e. The SMILES string of the molecule is CC(C)C(C)Sc1cc(F)cc(F)c1N. The van der Waals surface area contributed by atoms with Crippen LogP contribution in [0, 0.1) is 17.6 Å². The Morgan fingerprint density at radius 1 is 1.20 bits per heavy atom. The highest BCUT2D eigenvalue weighted by molar-refractivity contribution is 8.00. The number of benzene rings is 1. The Balaban J connectivity index is 2.94. The normalized spacial score (nSPS) is 13.2. The van der Waals surface area contributed by atoms with Crippen LogP contribution in [0.4, 0.5) is 14.5 Å². The van der Waals surface area contributed by atoms with Crippen molar-refractivity contribution in [2.45, 2.75) is 30.9 Å². The monoisotopic (exact) mass is 231 g/mol. The molecule has 0 aliphatic heterocycles. The molecule has 4 heteroatoms. The lowest BCUT2D eigenvalue weighted by Crippen LogP contribution is -2.06. The molecule has 1 atom stereocenters. The molecule has 0 aliphatic rings. The van der Waals surface area contributed by atoms with Crippen molar-refractivity contribution in [1.29, 1.82) is 0 Å². The molecule has 2 N–H and O–H groups in total. The van der Waals surface area contributed by atoms with Crippen molar-refractivity contribution >= 4 is 17.4 Å². The van der Waals surface area contributed by atoms with E-state index in [1.165, 1.54) is 17.8 Å². The van der Waals surface area contributed by atoms with Crippen LogP contribution in [0.3, 0.4) is 0 Å². The number of hydrogen-bond donors (Lipinski definition) is 1. The first-order valence-electron chi connectivity index (χ1n) is 4.83. The summed E-state index contributed by atoms with van der Waals surface area (Å²) in [5.41, 5.74) is 5.57. The summed E-state index contributed by atoms with van der Waals surface area (Å²) in [4.78, 5) is 0.480. The standard InChI is InChI=1S/C11H15F2NS/c1-6(2)7(3)15-10-5-8(12)4-9(13)11(10)14/h4-7H,14H2,1-3H3. The summed E-state index contributed by atoms with van der Waals surface area (Å²) in [7, 11) is 0. The average Bonchev–Trinajstić information content (AvgIpc) is 2.13. The van der Waals surface area contributed by atoms with Gasteiger partial charge in [-0.05, 0) is 12.0 Å². The topological polar surface area (TPSA) is 26.0 Å². The van der Waals surface area contributed by atoms with Crippen LogP contribution < -0.4 is 5.73 Å². The number of anilines is 1. The minimum absolute atomic E-state index is 0.0360. The van der Waals surface area contributed by atoms with Crippen molar-refractivity contribution in [3.63, 3.8) is 0 Å². The third-order valence-corrected chi connectivity index (χ3v) is 3.82. The molecule has 0 saturated heterocycles. The van der Waals surface area contributed by atoms with Gasteiger partial charge < -0.3 is 5.73 Å². The molecule has 0 aromatic heterocycles. The summed E-state index contributed by atoms with van der Waals surface area (Å²) in [5, 5.41) is 0.272. The molecule has 0 amide bonds. The zero-order chi connectivity index (χ0) is 11.6. The van der Waals surface area contributed by atoms with Crippen molar-refractivity contribution in [3.05, 3.63) is 23.8 Å². The summed E-state index contributed by atoms with van der Waals surface area (Å²) in [6, 6.07) is 2.08. The fourth-order valence-electron chi connectivity index (χ4n) is 0.995. The van der Waals surface area contributed by atoms with Gasteiger partial charge in [0.1, 0.15) is 11.6 Å². The maximum Gasteiger partial charge on any atom is 0.150 e. The molecule has 1 aromatic rings. The zero-order valence-corrected chi connectivity index (χ0v) is 9.87. The van der Waals surface area contributed by atoms with E-state index >= 15 is 0 Å². The summed E-state index contributed by atoms with van der Waals surface area (Å²) < 4.78 is 26.1. The van der Waals surface area contributed by atoms with Crippen molar-refractivity contribution in [3.8, 4) is 0 Å². The average molecular weight is 231 g/mol. The summed E-state index contributed by atoms with van der Waals surface area (Å²) >= 11 is 1.40. The van der Waals surface area contributed by atoms with E-state index in [4.69, 9.17) is 5.73 Å². The van der Waals surface area contributed by atoms with Gasteiger partial charge in [-0.25, -0.2) is 8.78 Å². The van der Waals surface area contributed by atoms with Gasteiger partial charge in [0, 0.05) is 16.2 Å². The van der Waals surface area contributed by atoms with E-state index in [0.717, 1.165) is 6.07 Å². The van der Waals surface area contributed by atoms with Gasteiger partial charge in [-0.2, -0.15) is 0 Å². The van der Waals surface area contributed by atoms with Crippen LogP contribution in [0.25, 0.3) is 0 Å². The summed E-state index contributed by atoms with van der Waals surface area (Å²) in [5.74, 6) is -0.839. The van der Waals surface area contributed by atoms with Crippen molar-refractivity contribution < 1.29 is 8.78 Å². The molecule has 15 heavy (non-hydrogen) atoms. The Hall–Kier alpha value is -0.770. The predicted octanol–water partition coefficient (Wildman–Crippen LogP) is 3.68. The summed E-state index contributed by atoms with van der Waals surface area (Å²) in [6.07, 6.45) is 0. The van der Waals surface area contributed by atoms with Crippen molar-refractivity contribution in [2.75, 3.05) is 5.73 Å². The minimum Gasteiger partial charge on any atom is -0.395 e. The maximum atomic E-state index is 13.1. The molecule has 1 rings (SSSR count). The molecule has 1 aromatic carbocycles. The highest BCUT2D eigenvalue weighted by Crippen LogP contribution is 2.33. The maximum absolute atomic E-state index is 13.1. The van der Waals surface area contributed by atoms with E-state index in [2.05, 4.69) is 13.8 Å². The molecule has 0 heterocycles. The minimum atomic E-state index is -0.687. The Morgan fingerprint density at radius 2 is 1.80 bits per heavy atom. The molecule has 0 saturated carbocycles. The molecular weight excluding hydrogens is 216 g/mol. The third-order valence-electron chi connectivity index (χ3n) is 2.31. The zero-order valence-electron chi connectivity index (χ0n) is 9.05. The van der Waals surface area contributed by atoms with Gasteiger partial charge in [-0.15, -0.1) is 11.8 Å². The number of halogens is 2. The lowest BCUT2D eigenvalue weighted by molar-refractivity contribution is 0.580. The number of nitrogen functional groups attached to an aromatic ring is 1. The Labute approximate surface area is 93.1 Å². The van der Waals surface area contributed by atoms with E-state index in [1.807, 2.05) is 6.92 Å². The smallest absolute Gasteiger partial charge is 0.150 e. The molecule has 1 unspecified atom stereocenters. The van der Waals surface area contributed by atoms with Gasteiger partial charge >= 0.3 is 0 Å². The van der Waals surface area contributed by atoms with Crippen molar-refractivity contribution in [1.82, 2.24) is 0 Å². The van der Waals surface area contributed by atoms with Crippen LogP contribution in [-0.4, -0.2) is 5.25 Å². The van der Waals surface area contributed by atoms with Gasteiger partial charge in [-0.3, -0.25) is 0 Å². The molecular formula is C11H15F2NS. The third kappa shape index (κ3) is 3.09. The highest BCUT2D eigenvalue weighted by Gasteiger charge is 2.14. The van der Waals surface area contributed by atoms with Crippen LogP contribution in [-0.2, 0) is 0 Å². The van der Waals surface area contributed by atoms with Gasteiger partial charge in [0.05, 0.1) is 5.69 Å². The van der Waals surface area contributed by atoms with Crippen LogP contribution in [0.5, 0.6) is 0 Å². The first kappa shape index (κ1) is 12.3. The first-order chi connectivity index (χ1) is 6.91. The van der Waals surface area contributed by atoms with E-state index in [1.54, 1.807) is 0 Å². The van der Waals surface area contributed by atoms with Crippen LogP contribution in [0.1, 0.15) is 20.8 Å². The van der Waals surface area contributed by atoms with Crippen LogP contribution in [0.15, 0.2) is 17.0 Å². The molecule has 84 valence electrons. The number of thioether (sulfide) groups is 1. The quantitative estimate of drug-likeness (QED) is 0.634. The van der Waals surface area contributed by atoms with Crippen molar-refractivity contribution in [2.24, 2.45) is 5.92 Å². The molecule has 0 aliphatic carbocycles. The lowest BCUT2D eigenvalue weighted by atomic mass is 10.2. The molecule has 0 fully saturated rings. The van der Waals surface area contributed by atoms with E-state index in [-0.39, 0.29) is 10.9 Å². The summed E-state index contributed by atoms with van der Waals surface area (Å²) in [6.45, 7) is 6.13. The fraction of sp³-hybridized carbons (Fsp3) is 0.455. The van der Waals surface area contributed by atoms with Gasteiger partial charge in [0.15, 0.2) is 0 Å². The molecule has 0 bridgehead atoms. The number of nitrogens with two attached hydrogens (primary N) is 1.